The standard InChI is InChI=1S/6C4H9.2Sn.Te/c6*1-3-4-2;;;/h6*1,3-4H2,2H3;;;. The molecule has 0 amide bonds. The van der Waals surface area contributed by atoms with E-state index in [4.69, 9.17) is 0 Å². The summed E-state index contributed by atoms with van der Waals surface area (Å²) in [6, 6.07) is 0. The van der Waals surface area contributed by atoms with Gasteiger partial charge >= 0.3 is 187 Å². The maximum atomic E-state index is 2.46. The molecule has 0 fully saturated rings. The predicted molar refractivity (Wildman–Crippen MR) is 136 cm³/mol. The van der Waals surface area contributed by atoms with E-state index >= 15 is 0 Å². The van der Waals surface area contributed by atoms with Gasteiger partial charge in [-0.25, -0.2) is 0 Å². The number of hydrogen-bond acceptors (Lipinski definition) is 0. The van der Waals surface area contributed by atoms with Crippen molar-refractivity contribution in [1.29, 1.82) is 0 Å². The van der Waals surface area contributed by atoms with E-state index in [2.05, 4.69) is 41.5 Å². The molecule has 0 atom stereocenters. The van der Waals surface area contributed by atoms with Crippen molar-refractivity contribution in [3.8, 4) is 0 Å². The van der Waals surface area contributed by atoms with Crippen LogP contribution in [0.5, 0.6) is 0 Å². The molecule has 0 radical (unpaired) electrons. The topological polar surface area (TPSA) is 0 Å². The molecular weight excluding hydrogens is 653 g/mol. The fourth-order valence-electron chi connectivity index (χ4n) is 4.51. The summed E-state index contributed by atoms with van der Waals surface area (Å²) in [5.41, 5.74) is 0. The summed E-state index contributed by atoms with van der Waals surface area (Å²) in [5.74, 6) is 0. The first kappa shape index (κ1) is 29.4. The van der Waals surface area contributed by atoms with E-state index in [-0.39, 0.29) is 0 Å². The summed E-state index contributed by atoms with van der Waals surface area (Å²) in [6.07, 6.45) is 18.4. The Morgan fingerprint density at radius 2 is 0.556 bits per heavy atom. The minimum atomic E-state index is -1.83. The van der Waals surface area contributed by atoms with Crippen LogP contribution in [0.4, 0.5) is 0 Å². The summed E-state index contributed by atoms with van der Waals surface area (Å²) < 4.78 is 10.9. The second-order valence-corrected chi connectivity index (χ2v) is 95.0. The van der Waals surface area contributed by atoms with Gasteiger partial charge in [0.25, 0.3) is 0 Å². The fourth-order valence-corrected chi connectivity index (χ4v) is 273. The molecule has 0 saturated heterocycles. The molecule has 0 aromatic rings. The van der Waals surface area contributed by atoms with Gasteiger partial charge in [-0.2, -0.15) is 0 Å². The van der Waals surface area contributed by atoms with Crippen LogP contribution in [0.15, 0.2) is 0 Å². The van der Waals surface area contributed by atoms with E-state index in [1.807, 2.05) is 26.6 Å². The molecule has 0 rings (SSSR count). The molecule has 3 heteroatoms. The second kappa shape index (κ2) is 19.1. The van der Waals surface area contributed by atoms with Crippen LogP contribution in [0.25, 0.3) is 0 Å². The maximum absolute atomic E-state index is 2.46. The van der Waals surface area contributed by atoms with Crippen molar-refractivity contribution < 1.29 is 0 Å². The molecule has 164 valence electrons. The SMILES string of the molecule is CCC[CH2][Sn]([CH2]CCC)([CH2]CCC)[Te][Sn]([CH2]CCC)([CH2]CCC)[CH2]CCC. The first-order valence-corrected chi connectivity index (χ1v) is 42.8. The Balaban J connectivity index is 5.66. The zero-order chi connectivity index (χ0) is 20.4. The molecule has 0 spiro atoms. The Bertz CT molecular complexity index is 246. The van der Waals surface area contributed by atoms with Gasteiger partial charge in [0.2, 0.25) is 0 Å². The van der Waals surface area contributed by atoms with Crippen LogP contribution in [-0.4, -0.2) is 42.0 Å². The molecular formula is C24H54Sn2Te. The third kappa shape index (κ3) is 13.4. The molecule has 0 unspecified atom stereocenters. The molecule has 0 bridgehead atoms. The van der Waals surface area contributed by atoms with Gasteiger partial charge in [-0.1, -0.05) is 0 Å². The Morgan fingerprint density at radius 1 is 0.370 bits per heavy atom. The van der Waals surface area contributed by atoms with Gasteiger partial charge in [0.1, 0.15) is 0 Å². The zero-order valence-electron chi connectivity index (χ0n) is 20.1. The van der Waals surface area contributed by atoms with Crippen molar-refractivity contribution >= 4 is 42.0 Å². The van der Waals surface area contributed by atoms with Crippen LogP contribution in [0, 0.1) is 0 Å². The first-order valence-electron chi connectivity index (χ1n) is 12.8. The molecule has 0 aliphatic carbocycles. The van der Waals surface area contributed by atoms with E-state index < -0.39 is 29.0 Å². The summed E-state index contributed by atoms with van der Waals surface area (Å²) in [7, 11) is 0. The third-order valence-electron chi connectivity index (χ3n) is 6.35. The number of rotatable bonds is 20. The summed E-state index contributed by atoms with van der Waals surface area (Å²) >= 11 is -3.24. The van der Waals surface area contributed by atoms with Gasteiger partial charge in [0.05, 0.1) is 0 Å². The molecule has 0 nitrogen and oxygen atoms in total. The average Bonchev–Trinajstić information content (AvgIpc) is 2.70. The normalized spacial score (nSPS) is 12.7. The van der Waals surface area contributed by atoms with Gasteiger partial charge in [0, 0.05) is 0 Å². The van der Waals surface area contributed by atoms with Crippen molar-refractivity contribution in [2.45, 2.75) is 145 Å². The van der Waals surface area contributed by atoms with Gasteiger partial charge in [0.15, 0.2) is 0 Å². The van der Waals surface area contributed by atoms with Crippen molar-refractivity contribution in [2.75, 3.05) is 0 Å². The molecule has 0 aromatic carbocycles. The van der Waals surface area contributed by atoms with E-state index in [0.717, 1.165) is 0 Å². The summed E-state index contributed by atoms with van der Waals surface area (Å²) in [6.45, 7) is 14.7. The zero-order valence-corrected chi connectivity index (χ0v) is 28.2. The van der Waals surface area contributed by atoms with Crippen molar-refractivity contribution in [3.05, 3.63) is 0 Å². The molecule has 0 saturated carbocycles. The number of hydrogen-bond donors (Lipinski definition) is 0. The Hall–Kier alpha value is 2.39. The molecule has 0 aliphatic rings. The van der Waals surface area contributed by atoms with Crippen molar-refractivity contribution in [3.63, 3.8) is 0 Å². The summed E-state index contributed by atoms with van der Waals surface area (Å²) in [4.78, 5) is 0. The third-order valence-corrected chi connectivity index (χ3v) is 182. The predicted octanol–water partition coefficient (Wildman–Crippen LogP) is 9.38. The molecule has 27 heavy (non-hydrogen) atoms. The Kier molecular flexibility index (Phi) is 20.8. The number of unbranched alkanes of at least 4 members (excludes halogenated alkanes) is 6. The van der Waals surface area contributed by atoms with Crippen LogP contribution in [-0.2, 0) is 0 Å². The van der Waals surface area contributed by atoms with E-state index in [1.165, 1.54) is 38.5 Å². The van der Waals surface area contributed by atoms with Crippen LogP contribution in [0.3, 0.4) is 0 Å². The van der Waals surface area contributed by atoms with Gasteiger partial charge in [-0.15, -0.1) is 0 Å². The average molecular weight is 708 g/mol. The van der Waals surface area contributed by atoms with Crippen LogP contribution < -0.4 is 0 Å². The Labute approximate surface area is 185 Å². The molecule has 0 heterocycles. The van der Waals surface area contributed by atoms with Crippen molar-refractivity contribution in [2.24, 2.45) is 0 Å². The summed E-state index contributed by atoms with van der Waals surface area (Å²) in [5, 5.41) is 0. The molecule has 0 aliphatic heterocycles. The van der Waals surface area contributed by atoms with Crippen LogP contribution in [0.2, 0.25) is 26.6 Å². The monoisotopic (exact) mass is 712 g/mol. The molecule has 0 aromatic heterocycles. The first-order chi connectivity index (χ1) is 13.1. The van der Waals surface area contributed by atoms with Crippen LogP contribution >= 0.6 is 0 Å². The van der Waals surface area contributed by atoms with Crippen LogP contribution in [0.1, 0.15) is 119 Å². The molecule has 0 N–H and O–H groups in total. The van der Waals surface area contributed by atoms with Gasteiger partial charge in [-0.05, 0) is 0 Å². The van der Waals surface area contributed by atoms with Gasteiger partial charge in [-0.3, -0.25) is 0 Å². The van der Waals surface area contributed by atoms with Crippen molar-refractivity contribution in [1.82, 2.24) is 0 Å². The van der Waals surface area contributed by atoms with E-state index in [0.29, 0.717) is 13.1 Å². The Morgan fingerprint density at radius 3 is 0.704 bits per heavy atom. The van der Waals surface area contributed by atoms with Gasteiger partial charge < -0.3 is 0 Å². The fraction of sp³-hybridized carbons (Fsp3) is 1.00. The minimum absolute atomic E-state index is 0.429. The van der Waals surface area contributed by atoms with E-state index in [9.17, 15) is 0 Å². The van der Waals surface area contributed by atoms with E-state index in [1.54, 1.807) is 38.5 Å². The second-order valence-electron chi connectivity index (χ2n) is 9.09. The quantitative estimate of drug-likeness (QED) is 0.111.